The van der Waals surface area contributed by atoms with E-state index in [2.05, 4.69) is 0 Å². The lowest BCUT2D eigenvalue weighted by atomic mass is 10.2. The summed E-state index contributed by atoms with van der Waals surface area (Å²) >= 11 is 0. The molecule has 0 saturated carbocycles. The van der Waals surface area contributed by atoms with Crippen molar-refractivity contribution in [2.45, 2.75) is 0 Å². The van der Waals surface area contributed by atoms with Gasteiger partial charge in [0, 0.05) is 25.7 Å². The van der Waals surface area contributed by atoms with Gasteiger partial charge in [-0.2, -0.15) is 0 Å². The molecule has 0 saturated heterocycles. The van der Waals surface area contributed by atoms with E-state index in [1.807, 2.05) is 0 Å². The fraction of sp³-hybridized carbons (Fsp3) is 0.333. The van der Waals surface area contributed by atoms with Crippen LogP contribution in [0.5, 0.6) is 0 Å². The Balaban J connectivity index is 2.97. The third-order valence-corrected chi connectivity index (χ3v) is 2.07. The number of rotatable bonds is 4. The van der Waals surface area contributed by atoms with Crippen LogP contribution in [0.15, 0.2) is 18.2 Å². The van der Waals surface area contributed by atoms with Gasteiger partial charge in [0.05, 0.1) is 22.9 Å². The van der Waals surface area contributed by atoms with E-state index in [-0.39, 0.29) is 12.3 Å². The average Bonchev–Trinajstić information content (AvgIpc) is 2.17. The zero-order valence-electron chi connectivity index (χ0n) is 8.38. The molecule has 0 spiro atoms. The van der Waals surface area contributed by atoms with Gasteiger partial charge in [0.15, 0.2) is 0 Å². The molecule has 15 heavy (non-hydrogen) atoms. The van der Waals surface area contributed by atoms with E-state index < -0.39 is 4.92 Å². The first-order valence-corrected chi connectivity index (χ1v) is 4.42. The van der Waals surface area contributed by atoms with Gasteiger partial charge in [-0.3, -0.25) is 10.1 Å². The van der Waals surface area contributed by atoms with Crippen molar-refractivity contribution < 1.29 is 10.0 Å². The fourth-order valence-corrected chi connectivity index (χ4v) is 1.27. The Morgan fingerprint density at radius 1 is 1.60 bits per heavy atom. The Morgan fingerprint density at radius 2 is 2.27 bits per heavy atom. The number of nitrogen functional groups attached to an aromatic ring is 1. The molecule has 3 N–H and O–H groups in total. The predicted molar refractivity (Wildman–Crippen MR) is 57.9 cm³/mol. The van der Waals surface area contributed by atoms with Gasteiger partial charge < -0.3 is 15.7 Å². The summed E-state index contributed by atoms with van der Waals surface area (Å²) < 4.78 is 0. The lowest BCUT2D eigenvalue weighted by molar-refractivity contribution is -0.384. The maximum atomic E-state index is 10.5. The van der Waals surface area contributed by atoms with Crippen LogP contribution in [0.1, 0.15) is 0 Å². The number of anilines is 2. The van der Waals surface area contributed by atoms with Gasteiger partial charge in [0.2, 0.25) is 0 Å². The van der Waals surface area contributed by atoms with Gasteiger partial charge in [-0.25, -0.2) is 0 Å². The van der Waals surface area contributed by atoms with Crippen molar-refractivity contribution in [3.05, 3.63) is 28.3 Å². The first-order chi connectivity index (χ1) is 7.06. The number of nitrogens with two attached hydrogens (primary N) is 1. The molecule has 0 aliphatic carbocycles. The van der Waals surface area contributed by atoms with Crippen molar-refractivity contribution in [1.82, 2.24) is 0 Å². The maximum Gasteiger partial charge on any atom is 0.271 e. The fourth-order valence-electron chi connectivity index (χ4n) is 1.27. The summed E-state index contributed by atoms with van der Waals surface area (Å²) in [5.41, 5.74) is 6.64. The molecule has 0 radical (unpaired) electrons. The summed E-state index contributed by atoms with van der Waals surface area (Å²) in [5.74, 6) is 0. The van der Waals surface area contributed by atoms with E-state index in [9.17, 15) is 10.1 Å². The number of aliphatic hydroxyl groups excluding tert-OH is 1. The predicted octanol–water partition coefficient (Wildman–Crippen LogP) is 0.605. The van der Waals surface area contributed by atoms with Gasteiger partial charge in [0.1, 0.15) is 0 Å². The van der Waals surface area contributed by atoms with Crippen molar-refractivity contribution in [2.24, 2.45) is 0 Å². The number of nitrogens with zero attached hydrogens (tertiary/aromatic N) is 2. The Bertz CT molecular complexity index is 368. The quantitative estimate of drug-likeness (QED) is 0.432. The third kappa shape index (κ3) is 2.57. The number of nitro groups is 1. The largest absolute Gasteiger partial charge is 0.397 e. The van der Waals surface area contributed by atoms with Crippen LogP contribution in [0.25, 0.3) is 0 Å². The number of benzene rings is 1. The second-order valence-electron chi connectivity index (χ2n) is 3.15. The summed E-state index contributed by atoms with van der Waals surface area (Å²) in [7, 11) is 1.76. The highest BCUT2D eigenvalue weighted by molar-refractivity contribution is 5.70. The van der Waals surface area contributed by atoms with Crippen LogP contribution >= 0.6 is 0 Å². The normalized spacial score (nSPS) is 10.0. The number of hydrogen-bond acceptors (Lipinski definition) is 5. The van der Waals surface area contributed by atoms with Crippen molar-refractivity contribution in [3.63, 3.8) is 0 Å². The van der Waals surface area contributed by atoms with Crippen LogP contribution in [0.3, 0.4) is 0 Å². The van der Waals surface area contributed by atoms with Crippen molar-refractivity contribution in [1.29, 1.82) is 0 Å². The van der Waals surface area contributed by atoms with E-state index in [1.54, 1.807) is 18.0 Å². The van der Waals surface area contributed by atoms with Crippen LogP contribution < -0.4 is 10.6 Å². The standard InChI is InChI=1S/C9H13N3O3/c1-11(4-5-13)9-3-2-7(12(14)15)6-8(9)10/h2-3,6,13H,4-5,10H2,1H3. The Morgan fingerprint density at radius 3 is 2.73 bits per heavy atom. The van der Waals surface area contributed by atoms with Gasteiger partial charge in [-0.05, 0) is 6.07 Å². The van der Waals surface area contributed by atoms with Crippen LogP contribution in [0.4, 0.5) is 17.1 Å². The molecule has 0 bridgehead atoms. The van der Waals surface area contributed by atoms with Crippen LogP contribution in [0.2, 0.25) is 0 Å². The van der Waals surface area contributed by atoms with Crippen LogP contribution in [-0.2, 0) is 0 Å². The lowest BCUT2D eigenvalue weighted by Crippen LogP contribution is -2.22. The third-order valence-electron chi connectivity index (χ3n) is 2.07. The molecule has 6 heteroatoms. The van der Waals surface area contributed by atoms with E-state index >= 15 is 0 Å². The minimum absolute atomic E-state index is 0.00687. The summed E-state index contributed by atoms with van der Waals surface area (Å²) in [4.78, 5) is 11.7. The Labute approximate surface area is 87.1 Å². The first-order valence-electron chi connectivity index (χ1n) is 4.42. The van der Waals surface area contributed by atoms with Crippen molar-refractivity contribution in [2.75, 3.05) is 30.8 Å². The molecule has 0 heterocycles. The molecular formula is C9H13N3O3. The zero-order chi connectivity index (χ0) is 11.4. The molecular weight excluding hydrogens is 198 g/mol. The highest BCUT2D eigenvalue weighted by Crippen LogP contribution is 2.26. The molecule has 0 aliphatic rings. The molecule has 0 atom stereocenters. The second kappa shape index (κ2) is 4.61. The van der Waals surface area contributed by atoms with Gasteiger partial charge >= 0.3 is 0 Å². The molecule has 0 amide bonds. The van der Waals surface area contributed by atoms with Crippen LogP contribution in [0, 0.1) is 10.1 Å². The van der Waals surface area contributed by atoms with Crippen molar-refractivity contribution in [3.8, 4) is 0 Å². The summed E-state index contributed by atoms with van der Waals surface area (Å²) in [6, 6.07) is 4.27. The molecule has 6 nitrogen and oxygen atoms in total. The smallest absolute Gasteiger partial charge is 0.271 e. The van der Waals surface area contributed by atoms with Crippen LogP contribution in [-0.4, -0.2) is 30.2 Å². The first kappa shape index (κ1) is 11.3. The minimum atomic E-state index is -0.494. The van der Waals surface area contributed by atoms with Gasteiger partial charge in [0.25, 0.3) is 5.69 Å². The van der Waals surface area contributed by atoms with Gasteiger partial charge in [-0.15, -0.1) is 0 Å². The Kier molecular flexibility index (Phi) is 3.46. The molecule has 1 rings (SSSR count). The monoisotopic (exact) mass is 211 g/mol. The zero-order valence-corrected chi connectivity index (χ0v) is 8.38. The number of aliphatic hydroxyl groups is 1. The molecule has 82 valence electrons. The lowest BCUT2D eigenvalue weighted by Gasteiger charge is -2.19. The average molecular weight is 211 g/mol. The molecule has 0 fully saturated rings. The van der Waals surface area contributed by atoms with Crippen molar-refractivity contribution >= 4 is 17.1 Å². The minimum Gasteiger partial charge on any atom is -0.397 e. The molecule has 0 aliphatic heterocycles. The maximum absolute atomic E-state index is 10.5. The number of nitro benzene ring substituents is 1. The number of likely N-dealkylation sites (N-methyl/N-ethyl adjacent to an activating group) is 1. The molecule has 1 aromatic rings. The van der Waals surface area contributed by atoms with E-state index in [1.165, 1.54) is 12.1 Å². The van der Waals surface area contributed by atoms with E-state index in [0.29, 0.717) is 17.9 Å². The van der Waals surface area contributed by atoms with E-state index in [4.69, 9.17) is 10.8 Å². The number of hydrogen-bond donors (Lipinski definition) is 2. The van der Waals surface area contributed by atoms with Gasteiger partial charge in [-0.1, -0.05) is 0 Å². The molecule has 1 aromatic carbocycles. The molecule has 0 aromatic heterocycles. The SMILES string of the molecule is CN(CCO)c1ccc([N+](=O)[O-])cc1N. The topological polar surface area (TPSA) is 92.6 Å². The molecule has 0 unspecified atom stereocenters. The summed E-state index contributed by atoms with van der Waals surface area (Å²) in [6.07, 6.45) is 0. The summed E-state index contributed by atoms with van der Waals surface area (Å²) in [5, 5.41) is 19.2. The second-order valence-corrected chi connectivity index (χ2v) is 3.15. The Hall–Kier alpha value is -1.82. The highest BCUT2D eigenvalue weighted by atomic mass is 16.6. The van der Waals surface area contributed by atoms with E-state index in [0.717, 1.165) is 0 Å². The number of non-ortho nitro benzene ring substituents is 1. The summed E-state index contributed by atoms with van der Waals surface area (Å²) in [6.45, 7) is 0.439. The highest BCUT2D eigenvalue weighted by Gasteiger charge is 2.10.